The van der Waals surface area contributed by atoms with Gasteiger partial charge in [0.1, 0.15) is 5.82 Å². The second kappa shape index (κ2) is 5.37. The molecule has 2 aromatic carbocycles. The van der Waals surface area contributed by atoms with Gasteiger partial charge in [-0.05, 0) is 42.8 Å². The van der Waals surface area contributed by atoms with E-state index < -0.39 is 0 Å². The first-order chi connectivity index (χ1) is 11.6. The highest BCUT2D eigenvalue weighted by Gasteiger charge is 2.26. The van der Waals surface area contributed by atoms with E-state index in [-0.39, 0.29) is 11.8 Å². The Labute approximate surface area is 139 Å². The van der Waals surface area contributed by atoms with Crippen molar-refractivity contribution >= 4 is 22.6 Å². The van der Waals surface area contributed by atoms with Gasteiger partial charge in [-0.25, -0.2) is 9.18 Å². The maximum Gasteiger partial charge on any atom is 0.324 e. The highest BCUT2D eigenvalue weighted by molar-refractivity contribution is 5.94. The van der Waals surface area contributed by atoms with Crippen LogP contribution in [0.1, 0.15) is 5.56 Å². The van der Waals surface area contributed by atoms with Crippen LogP contribution in [0.15, 0.2) is 48.7 Å². The molecule has 4 rings (SSSR count). The van der Waals surface area contributed by atoms with Crippen LogP contribution in [0.25, 0.3) is 16.6 Å². The number of nitrogens with zero attached hydrogens (tertiary/aromatic N) is 3. The van der Waals surface area contributed by atoms with Crippen molar-refractivity contribution in [2.24, 2.45) is 0 Å². The Morgan fingerprint density at radius 2 is 1.83 bits per heavy atom. The van der Waals surface area contributed by atoms with E-state index in [4.69, 9.17) is 0 Å². The number of amides is 2. The van der Waals surface area contributed by atoms with Crippen molar-refractivity contribution < 1.29 is 9.18 Å². The third kappa shape index (κ3) is 2.16. The summed E-state index contributed by atoms with van der Waals surface area (Å²) in [5, 5.41) is 0.609. The van der Waals surface area contributed by atoms with E-state index in [0.717, 1.165) is 29.0 Å². The van der Waals surface area contributed by atoms with Gasteiger partial charge in [0.15, 0.2) is 0 Å². The number of carbonyl (C=O) groups excluding carboxylic acids is 1. The number of urea groups is 1. The fourth-order valence-electron chi connectivity index (χ4n) is 3.31. The Morgan fingerprint density at radius 3 is 2.58 bits per heavy atom. The minimum absolute atomic E-state index is 0.00624. The van der Waals surface area contributed by atoms with Crippen LogP contribution in [0.2, 0.25) is 0 Å². The number of hydrogen-bond donors (Lipinski definition) is 0. The van der Waals surface area contributed by atoms with Crippen LogP contribution in [0.4, 0.5) is 14.9 Å². The number of aryl methyl sites for hydroxylation is 1. The Kier molecular flexibility index (Phi) is 3.30. The Bertz CT molecular complexity index is 947. The minimum atomic E-state index is -0.221. The molecule has 1 aromatic heterocycles. The Balaban J connectivity index is 1.83. The molecule has 0 spiro atoms. The van der Waals surface area contributed by atoms with Crippen LogP contribution in [-0.2, 0) is 0 Å². The molecule has 3 aromatic rings. The van der Waals surface area contributed by atoms with Crippen molar-refractivity contribution in [3.8, 4) is 5.69 Å². The molecule has 1 aliphatic heterocycles. The van der Waals surface area contributed by atoms with Gasteiger partial charge in [-0.2, -0.15) is 0 Å². The second-order valence-electron chi connectivity index (χ2n) is 6.19. The zero-order valence-corrected chi connectivity index (χ0v) is 13.7. The quantitative estimate of drug-likeness (QED) is 0.702. The molecule has 24 heavy (non-hydrogen) atoms. The Morgan fingerprint density at radius 1 is 1.04 bits per heavy atom. The molecule has 0 saturated carbocycles. The average molecular weight is 323 g/mol. The number of halogens is 1. The molecule has 0 bridgehead atoms. The third-order valence-corrected chi connectivity index (χ3v) is 4.63. The van der Waals surface area contributed by atoms with Gasteiger partial charge < -0.3 is 9.47 Å². The van der Waals surface area contributed by atoms with Gasteiger partial charge in [0.05, 0.1) is 5.52 Å². The topological polar surface area (TPSA) is 28.5 Å². The molecule has 2 heterocycles. The SMILES string of the molecule is Cc1ccc(F)c2ccn(-c3cccc(N4CCN(C)C4=O)c3)c12. The van der Waals surface area contributed by atoms with Crippen LogP contribution in [0.3, 0.4) is 0 Å². The molecular formula is C19H18FN3O. The van der Waals surface area contributed by atoms with Gasteiger partial charge >= 0.3 is 6.03 Å². The lowest BCUT2D eigenvalue weighted by Crippen LogP contribution is -2.29. The third-order valence-electron chi connectivity index (χ3n) is 4.63. The van der Waals surface area contributed by atoms with Gasteiger partial charge in [0.25, 0.3) is 0 Å². The van der Waals surface area contributed by atoms with Gasteiger partial charge in [0, 0.05) is 43.1 Å². The van der Waals surface area contributed by atoms with Crippen LogP contribution < -0.4 is 4.90 Å². The molecular weight excluding hydrogens is 305 g/mol. The van der Waals surface area contributed by atoms with E-state index in [1.165, 1.54) is 6.07 Å². The second-order valence-corrected chi connectivity index (χ2v) is 6.19. The summed E-state index contributed by atoms with van der Waals surface area (Å²) in [6.45, 7) is 3.37. The zero-order valence-electron chi connectivity index (χ0n) is 13.7. The largest absolute Gasteiger partial charge is 0.326 e. The van der Waals surface area contributed by atoms with E-state index in [1.807, 2.05) is 42.0 Å². The number of hydrogen-bond acceptors (Lipinski definition) is 1. The van der Waals surface area contributed by atoms with Crippen LogP contribution in [-0.4, -0.2) is 35.6 Å². The molecule has 1 saturated heterocycles. The number of rotatable bonds is 2. The molecule has 0 N–H and O–H groups in total. The van der Waals surface area contributed by atoms with Crippen molar-refractivity contribution in [3.63, 3.8) is 0 Å². The molecule has 0 unspecified atom stereocenters. The minimum Gasteiger partial charge on any atom is -0.326 e. The monoisotopic (exact) mass is 323 g/mol. The Hall–Kier alpha value is -2.82. The van der Waals surface area contributed by atoms with Gasteiger partial charge in [0.2, 0.25) is 0 Å². The highest BCUT2D eigenvalue weighted by atomic mass is 19.1. The van der Waals surface area contributed by atoms with Gasteiger partial charge in [-0.1, -0.05) is 12.1 Å². The van der Waals surface area contributed by atoms with Crippen molar-refractivity contribution in [2.45, 2.75) is 6.92 Å². The molecule has 1 fully saturated rings. The molecule has 5 heteroatoms. The molecule has 0 aliphatic carbocycles. The first-order valence-electron chi connectivity index (χ1n) is 7.95. The fourth-order valence-corrected chi connectivity index (χ4v) is 3.31. The van der Waals surface area contributed by atoms with Crippen molar-refractivity contribution in [1.82, 2.24) is 9.47 Å². The molecule has 2 amide bonds. The number of aromatic nitrogens is 1. The van der Waals surface area contributed by atoms with Gasteiger partial charge in [-0.3, -0.25) is 4.90 Å². The summed E-state index contributed by atoms with van der Waals surface area (Å²) >= 11 is 0. The van der Waals surface area contributed by atoms with Crippen molar-refractivity contribution in [1.29, 1.82) is 0 Å². The lowest BCUT2D eigenvalue weighted by Gasteiger charge is -2.17. The number of anilines is 1. The maximum absolute atomic E-state index is 14.0. The number of carbonyl (C=O) groups is 1. The summed E-state index contributed by atoms with van der Waals surface area (Å²) in [4.78, 5) is 15.7. The van der Waals surface area contributed by atoms with Crippen LogP contribution in [0.5, 0.6) is 0 Å². The average Bonchev–Trinajstić information content (AvgIpc) is 3.17. The normalized spacial score (nSPS) is 14.9. The van der Waals surface area contributed by atoms with Gasteiger partial charge in [-0.15, -0.1) is 0 Å². The summed E-state index contributed by atoms with van der Waals surface area (Å²) < 4.78 is 16.0. The van der Waals surface area contributed by atoms with E-state index in [1.54, 1.807) is 29.0 Å². The number of fused-ring (bicyclic) bond motifs is 1. The first-order valence-corrected chi connectivity index (χ1v) is 7.95. The van der Waals surface area contributed by atoms with Crippen LogP contribution >= 0.6 is 0 Å². The van der Waals surface area contributed by atoms with Crippen molar-refractivity contribution in [2.75, 3.05) is 25.0 Å². The first kappa shape index (κ1) is 14.8. The maximum atomic E-state index is 14.0. The van der Waals surface area contributed by atoms with Crippen molar-refractivity contribution in [3.05, 3.63) is 60.0 Å². The summed E-state index contributed by atoms with van der Waals surface area (Å²) in [5.74, 6) is -0.221. The van der Waals surface area contributed by atoms with E-state index in [0.29, 0.717) is 11.9 Å². The molecule has 0 radical (unpaired) electrons. The standard InChI is InChI=1S/C19H18FN3O/c1-13-6-7-17(20)16-8-9-22(18(13)16)14-4-3-5-15(12-14)23-11-10-21(2)19(23)24/h3-9,12H,10-11H2,1-2H3. The molecule has 1 aliphatic rings. The smallest absolute Gasteiger partial charge is 0.324 e. The van der Waals surface area contributed by atoms with Crippen LogP contribution in [0, 0.1) is 12.7 Å². The van der Waals surface area contributed by atoms with E-state index in [9.17, 15) is 9.18 Å². The number of likely N-dealkylation sites (N-methyl/N-ethyl adjacent to an activating group) is 1. The lowest BCUT2D eigenvalue weighted by atomic mass is 10.1. The molecule has 122 valence electrons. The summed E-state index contributed by atoms with van der Waals surface area (Å²) in [7, 11) is 1.80. The fraction of sp³-hybridized carbons (Fsp3) is 0.211. The molecule has 0 atom stereocenters. The lowest BCUT2D eigenvalue weighted by molar-refractivity contribution is 0.229. The zero-order chi connectivity index (χ0) is 16.8. The summed E-state index contributed by atoms with van der Waals surface area (Å²) in [6.07, 6.45) is 1.87. The van der Waals surface area contributed by atoms with E-state index >= 15 is 0 Å². The summed E-state index contributed by atoms with van der Waals surface area (Å²) in [6, 6.07) is 12.9. The summed E-state index contributed by atoms with van der Waals surface area (Å²) in [5.41, 5.74) is 3.65. The predicted molar refractivity (Wildman–Crippen MR) is 93.3 cm³/mol. The highest BCUT2D eigenvalue weighted by Crippen LogP contribution is 2.28. The predicted octanol–water partition coefficient (Wildman–Crippen LogP) is 3.95. The van der Waals surface area contributed by atoms with E-state index in [2.05, 4.69) is 0 Å². The molecule has 4 nitrogen and oxygen atoms in total. The number of benzene rings is 2.